The van der Waals surface area contributed by atoms with Crippen LogP contribution in [0.2, 0.25) is 0 Å². The van der Waals surface area contributed by atoms with Crippen molar-refractivity contribution < 1.29 is 33.9 Å². The summed E-state index contributed by atoms with van der Waals surface area (Å²) in [7, 11) is 0. The van der Waals surface area contributed by atoms with Crippen molar-refractivity contribution >= 4 is 0 Å². The molecule has 0 spiro atoms. The zero-order valence-electron chi connectivity index (χ0n) is 16.3. The van der Waals surface area contributed by atoms with Gasteiger partial charge in [0, 0.05) is 0 Å². The van der Waals surface area contributed by atoms with Crippen LogP contribution in [0.5, 0.6) is 5.75 Å². The molecule has 0 aromatic heterocycles. The maximum Gasteiger partial charge on any atom is 0.190 e. The van der Waals surface area contributed by atoms with E-state index in [4.69, 9.17) is 23.7 Å². The Hall–Kier alpha value is -1.22. The van der Waals surface area contributed by atoms with E-state index in [-0.39, 0.29) is 0 Å². The Balaban J connectivity index is 1.61. The van der Waals surface area contributed by atoms with Crippen molar-refractivity contribution in [2.75, 3.05) is 13.2 Å². The number of benzene rings is 1. The third kappa shape index (κ3) is 4.99. The number of aliphatic hydroxyl groups is 2. The molecule has 2 aliphatic rings. The second-order valence-corrected chi connectivity index (χ2v) is 7.94. The monoisotopic (exact) mass is 382 g/mol. The second-order valence-electron chi connectivity index (χ2n) is 7.94. The zero-order chi connectivity index (χ0) is 19.6. The van der Waals surface area contributed by atoms with E-state index in [0.717, 1.165) is 11.3 Å². The number of ether oxygens (including phenoxy) is 5. The van der Waals surface area contributed by atoms with Gasteiger partial charge in [0.05, 0.1) is 19.8 Å². The van der Waals surface area contributed by atoms with Gasteiger partial charge in [-0.1, -0.05) is 26.0 Å². The van der Waals surface area contributed by atoms with Gasteiger partial charge in [-0.2, -0.15) is 0 Å². The molecular weight excluding hydrogens is 352 g/mol. The molecular formula is C20H30O7. The van der Waals surface area contributed by atoms with E-state index in [1.807, 2.05) is 24.3 Å². The fourth-order valence-electron chi connectivity index (χ4n) is 3.24. The van der Waals surface area contributed by atoms with Crippen LogP contribution in [0.15, 0.2) is 24.3 Å². The van der Waals surface area contributed by atoms with Gasteiger partial charge in [-0.3, -0.25) is 0 Å². The molecule has 0 bridgehead atoms. The summed E-state index contributed by atoms with van der Waals surface area (Å²) in [6.45, 7) is 8.39. The van der Waals surface area contributed by atoms with Gasteiger partial charge in [0.25, 0.3) is 0 Å². The third-order valence-electron chi connectivity index (χ3n) is 4.54. The van der Waals surface area contributed by atoms with Crippen LogP contribution in [0, 0.1) is 5.92 Å². The molecule has 0 amide bonds. The number of hydrogen-bond donors (Lipinski definition) is 2. The minimum absolute atomic E-state index is 0.320. The first kappa shape index (κ1) is 20.5. The Labute approximate surface area is 160 Å². The molecule has 0 aliphatic carbocycles. The predicted octanol–water partition coefficient (Wildman–Crippen LogP) is 1.84. The molecule has 152 valence electrons. The van der Waals surface area contributed by atoms with E-state index >= 15 is 0 Å². The first-order valence-electron chi connectivity index (χ1n) is 9.42. The van der Waals surface area contributed by atoms with Crippen LogP contribution in [0.25, 0.3) is 0 Å². The van der Waals surface area contributed by atoms with Gasteiger partial charge in [-0.15, -0.1) is 0 Å². The minimum Gasteiger partial charge on any atom is -0.493 e. The Morgan fingerprint density at radius 3 is 2.48 bits per heavy atom. The van der Waals surface area contributed by atoms with Gasteiger partial charge in [0.1, 0.15) is 30.2 Å². The highest BCUT2D eigenvalue weighted by molar-refractivity contribution is 5.27. The van der Waals surface area contributed by atoms with Crippen LogP contribution >= 0.6 is 0 Å². The summed E-state index contributed by atoms with van der Waals surface area (Å²) < 4.78 is 29.1. The van der Waals surface area contributed by atoms with Crippen LogP contribution in [0.4, 0.5) is 0 Å². The van der Waals surface area contributed by atoms with Gasteiger partial charge in [-0.05, 0) is 37.5 Å². The first-order valence-corrected chi connectivity index (χ1v) is 9.42. The van der Waals surface area contributed by atoms with Gasteiger partial charge in [-0.25, -0.2) is 0 Å². The van der Waals surface area contributed by atoms with Gasteiger partial charge in [0.2, 0.25) is 0 Å². The maximum atomic E-state index is 10.1. The van der Waals surface area contributed by atoms with Crippen LogP contribution in [0.3, 0.4) is 0 Å². The normalized spacial score (nSPS) is 30.5. The average molecular weight is 382 g/mol. The smallest absolute Gasteiger partial charge is 0.190 e. The SMILES string of the molecule is CC(C)COc1ccc(CO[C@H]2[C@@H]3OC(C)(C)O[C@H]3O[C@H]2[C@H](O)CO)cc1. The Bertz CT molecular complexity index is 601. The van der Waals surface area contributed by atoms with E-state index < -0.39 is 43.1 Å². The molecule has 7 heteroatoms. The number of aliphatic hydroxyl groups excluding tert-OH is 2. The van der Waals surface area contributed by atoms with E-state index in [9.17, 15) is 10.2 Å². The molecule has 1 aromatic rings. The largest absolute Gasteiger partial charge is 0.493 e. The molecule has 5 atom stereocenters. The summed E-state index contributed by atoms with van der Waals surface area (Å²) >= 11 is 0. The quantitative estimate of drug-likeness (QED) is 0.709. The summed E-state index contributed by atoms with van der Waals surface area (Å²) in [5.41, 5.74) is 0.964. The number of hydrogen-bond acceptors (Lipinski definition) is 7. The molecule has 2 N–H and O–H groups in total. The Kier molecular flexibility index (Phi) is 6.40. The molecule has 2 fully saturated rings. The molecule has 2 aliphatic heterocycles. The standard InChI is InChI=1S/C20H30O7/c1-12(2)10-23-14-7-5-13(6-8-14)11-24-17-16(15(22)9-21)25-19-18(17)26-20(3,4)27-19/h5-8,12,15-19,21-22H,9-11H2,1-4H3/t15-,16+,17-,18+,19-/m1/s1. The molecule has 0 unspecified atom stereocenters. The highest BCUT2D eigenvalue weighted by Gasteiger charge is 2.56. The molecule has 0 radical (unpaired) electrons. The van der Waals surface area contributed by atoms with Crippen LogP contribution in [0.1, 0.15) is 33.3 Å². The maximum absolute atomic E-state index is 10.1. The summed E-state index contributed by atoms with van der Waals surface area (Å²) in [6, 6.07) is 7.70. The predicted molar refractivity (Wildman–Crippen MR) is 97.1 cm³/mol. The van der Waals surface area contributed by atoms with Crippen molar-refractivity contribution in [3.63, 3.8) is 0 Å². The lowest BCUT2D eigenvalue weighted by atomic mass is 10.1. The third-order valence-corrected chi connectivity index (χ3v) is 4.54. The lowest BCUT2D eigenvalue weighted by molar-refractivity contribution is -0.232. The highest BCUT2D eigenvalue weighted by Crippen LogP contribution is 2.39. The van der Waals surface area contributed by atoms with Crippen molar-refractivity contribution in [3.05, 3.63) is 29.8 Å². The Morgan fingerprint density at radius 1 is 1.15 bits per heavy atom. The van der Waals surface area contributed by atoms with E-state index in [2.05, 4.69) is 13.8 Å². The van der Waals surface area contributed by atoms with Gasteiger partial charge >= 0.3 is 0 Å². The minimum atomic E-state index is -1.07. The second kappa shape index (κ2) is 8.43. The first-order chi connectivity index (χ1) is 12.8. The summed E-state index contributed by atoms with van der Waals surface area (Å²) in [5, 5.41) is 19.4. The fraction of sp³-hybridized carbons (Fsp3) is 0.700. The summed E-state index contributed by atoms with van der Waals surface area (Å²) in [4.78, 5) is 0. The Morgan fingerprint density at radius 2 is 1.85 bits per heavy atom. The lowest BCUT2D eigenvalue weighted by Crippen LogP contribution is -2.44. The number of fused-ring (bicyclic) bond motifs is 1. The van der Waals surface area contributed by atoms with Crippen LogP contribution in [-0.2, 0) is 25.6 Å². The molecule has 1 aromatic carbocycles. The molecule has 3 rings (SSSR count). The van der Waals surface area contributed by atoms with Crippen LogP contribution < -0.4 is 4.74 Å². The highest BCUT2D eigenvalue weighted by atomic mass is 16.8. The average Bonchev–Trinajstić information content (AvgIpc) is 3.10. The van der Waals surface area contributed by atoms with Gasteiger partial charge in [0.15, 0.2) is 12.1 Å². The molecule has 7 nitrogen and oxygen atoms in total. The lowest BCUT2D eigenvalue weighted by Gasteiger charge is -2.28. The van der Waals surface area contributed by atoms with E-state index in [1.54, 1.807) is 13.8 Å². The molecule has 2 heterocycles. The summed E-state index contributed by atoms with van der Waals surface area (Å²) in [5.74, 6) is 0.511. The molecule has 27 heavy (non-hydrogen) atoms. The molecule has 0 saturated carbocycles. The van der Waals surface area contributed by atoms with Crippen LogP contribution in [-0.4, -0.2) is 59.9 Å². The number of rotatable bonds is 8. The summed E-state index contributed by atoms with van der Waals surface area (Å²) in [6.07, 6.45) is -3.41. The molecule has 2 saturated heterocycles. The zero-order valence-corrected chi connectivity index (χ0v) is 16.3. The van der Waals surface area contributed by atoms with Crippen molar-refractivity contribution in [2.24, 2.45) is 5.92 Å². The van der Waals surface area contributed by atoms with Crippen molar-refractivity contribution in [2.45, 2.75) is 70.8 Å². The van der Waals surface area contributed by atoms with Crippen molar-refractivity contribution in [3.8, 4) is 5.75 Å². The van der Waals surface area contributed by atoms with Gasteiger partial charge < -0.3 is 33.9 Å². The topological polar surface area (TPSA) is 86.6 Å². The van der Waals surface area contributed by atoms with E-state index in [0.29, 0.717) is 19.1 Å². The fourth-order valence-corrected chi connectivity index (χ4v) is 3.24. The van der Waals surface area contributed by atoms with Crippen molar-refractivity contribution in [1.29, 1.82) is 0 Å². The van der Waals surface area contributed by atoms with Crippen molar-refractivity contribution in [1.82, 2.24) is 0 Å². The van der Waals surface area contributed by atoms with E-state index in [1.165, 1.54) is 0 Å².